The molecule has 1 saturated carbocycles. The van der Waals surface area contributed by atoms with E-state index < -0.39 is 0 Å². The van der Waals surface area contributed by atoms with Crippen LogP contribution in [0.4, 0.5) is 0 Å². The van der Waals surface area contributed by atoms with E-state index in [-0.39, 0.29) is 6.04 Å². The van der Waals surface area contributed by atoms with Crippen LogP contribution in [-0.4, -0.2) is 4.98 Å². The molecule has 0 spiro atoms. The van der Waals surface area contributed by atoms with E-state index in [1.54, 1.807) is 11.3 Å². The molecule has 0 amide bonds. The molecule has 1 aliphatic carbocycles. The lowest BCUT2D eigenvalue weighted by Crippen LogP contribution is -2.26. The summed E-state index contributed by atoms with van der Waals surface area (Å²) in [5.74, 6) is 0.750. The van der Waals surface area contributed by atoms with Crippen LogP contribution in [0.15, 0.2) is 30.5 Å². The molecule has 0 aliphatic heterocycles. The fraction of sp³-hybridized carbons (Fsp3) is 0.438. The topological polar surface area (TPSA) is 24.9 Å². The first-order valence-corrected chi connectivity index (χ1v) is 8.27. The minimum Gasteiger partial charge on any atom is -0.301 e. The van der Waals surface area contributed by atoms with Gasteiger partial charge in [-0.15, -0.1) is 11.3 Å². The molecular weight excluding hydrogens is 288 g/mol. The highest BCUT2D eigenvalue weighted by atomic mass is 35.5. The number of nitrogens with zero attached hydrogens (tertiary/aromatic N) is 1. The normalized spacial score (nSPS) is 17.9. The number of hydrogen-bond donors (Lipinski definition) is 1. The second kappa shape index (κ2) is 5.84. The van der Waals surface area contributed by atoms with Crippen molar-refractivity contribution in [3.63, 3.8) is 0 Å². The largest absolute Gasteiger partial charge is 0.301 e. The molecule has 2 aromatic rings. The highest BCUT2D eigenvalue weighted by Crippen LogP contribution is 2.42. The number of halogens is 1. The van der Waals surface area contributed by atoms with Crippen LogP contribution in [0, 0.1) is 12.8 Å². The van der Waals surface area contributed by atoms with Gasteiger partial charge in [-0.25, -0.2) is 4.98 Å². The fourth-order valence-electron chi connectivity index (χ4n) is 2.52. The average molecular weight is 307 g/mol. The minimum absolute atomic E-state index is 0.287. The highest BCUT2D eigenvalue weighted by Gasteiger charge is 2.33. The lowest BCUT2D eigenvalue weighted by molar-refractivity contribution is 0.426. The molecule has 1 aromatic heterocycles. The predicted molar refractivity (Wildman–Crippen MR) is 85.3 cm³/mol. The van der Waals surface area contributed by atoms with Crippen LogP contribution in [0.2, 0.25) is 5.02 Å². The van der Waals surface area contributed by atoms with Crippen LogP contribution in [0.3, 0.4) is 0 Å². The highest BCUT2D eigenvalue weighted by molar-refractivity contribution is 7.11. The molecule has 1 heterocycles. The van der Waals surface area contributed by atoms with Gasteiger partial charge in [-0.3, -0.25) is 0 Å². The summed E-state index contributed by atoms with van der Waals surface area (Å²) in [6.45, 7) is 4.30. The van der Waals surface area contributed by atoms with Gasteiger partial charge >= 0.3 is 0 Å². The van der Waals surface area contributed by atoms with E-state index in [0.29, 0.717) is 6.04 Å². The Kier molecular flexibility index (Phi) is 4.11. The second-order valence-electron chi connectivity index (χ2n) is 5.56. The maximum atomic E-state index is 5.99. The van der Waals surface area contributed by atoms with E-state index >= 15 is 0 Å². The summed E-state index contributed by atoms with van der Waals surface area (Å²) >= 11 is 7.76. The molecule has 1 aromatic carbocycles. The van der Waals surface area contributed by atoms with Crippen LogP contribution in [0.25, 0.3) is 0 Å². The molecule has 2 nitrogen and oxygen atoms in total. The molecule has 2 unspecified atom stereocenters. The Morgan fingerprint density at radius 3 is 2.55 bits per heavy atom. The van der Waals surface area contributed by atoms with Crippen molar-refractivity contribution in [3.05, 3.63) is 50.9 Å². The van der Waals surface area contributed by atoms with E-state index in [2.05, 4.69) is 36.3 Å². The number of nitrogens with one attached hydrogen (secondary N) is 1. The van der Waals surface area contributed by atoms with E-state index in [1.807, 2.05) is 18.3 Å². The smallest absolute Gasteiger partial charge is 0.109 e. The van der Waals surface area contributed by atoms with E-state index in [9.17, 15) is 0 Å². The molecule has 1 N–H and O–H groups in total. The Labute approximate surface area is 129 Å². The summed E-state index contributed by atoms with van der Waals surface area (Å²) in [6.07, 6.45) is 4.57. The van der Waals surface area contributed by atoms with Gasteiger partial charge in [-0.1, -0.05) is 23.7 Å². The molecule has 2 atom stereocenters. The van der Waals surface area contributed by atoms with Crippen molar-refractivity contribution in [1.82, 2.24) is 10.3 Å². The molecule has 4 heteroatoms. The Balaban J connectivity index is 1.76. The third kappa shape index (κ3) is 3.22. The lowest BCUT2D eigenvalue weighted by atomic mass is 10.0. The predicted octanol–water partition coefficient (Wildman–Crippen LogP) is 4.91. The van der Waals surface area contributed by atoms with Crippen molar-refractivity contribution in [2.45, 2.75) is 38.8 Å². The molecule has 20 heavy (non-hydrogen) atoms. The third-order valence-electron chi connectivity index (χ3n) is 3.76. The van der Waals surface area contributed by atoms with Crippen LogP contribution >= 0.6 is 22.9 Å². The standard InChI is InChI=1S/C16H19ClN2S/c1-10-9-18-16(20-10)11(2)19-15(12-3-4-12)13-5-7-14(17)8-6-13/h5-9,11-12,15,19H,3-4H2,1-2H3. The minimum atomic E-state index is 0.287. The van der Waals surface area contributed by atoms with Gasteiger partial charge in [0.15, 0.2) is 0 Å². The molecule has 1 fully saturated rings. The molecule has 0 saturated heterocycles. The molecule has 0 radical (unpaired) electrons. The van der Waals surface area contributed by atoms with Crippen molar-refractivity contribution in [3.8, 4) is 0 Å². The Morgan fingerprint density at radius 1 is 1.30 bits per heavy atom. The van der Waals surface area contributed by atoms with Gasteiger partial charge in [-0.2, -0.15) is 0 Å². The lowest BCUT2D eigenvalue weighted by Gasteiger charge is -2.22. The maximum absolute atomic E-state index is 5.99. The van der Waals surface area contributed by atoms with Gasteiger partial charge in [0.1, 0.15) is 5.01 Å². The van der Waals surface area contributed by atoms with E-state index in [1.165, 1.54) is 28.3 Å². The summed E-state index contributed by atoms with van der Waals surface area (Å²) in [7, 11) is 0. The Hall–Kier alpha value is -0.900. The van der Waals surface area contributed by atoms with Gasteiger partial charge in [-0.05, 0) is 50.3 Å². The molecule has 0 bridgehead atoms. The van der Waals surface area contributed by atoms with Gasteiger partial charge < -0.3 is 5.32 Å². The SMILES string of the molecule is Cc1cnc(C(C)NC(c2ccc(Cl)cc2)C2CC2)s1. The Morgan fingerprint density at radius 2 is 2.00 bits per heavy atom. The first-order valence-electron chi connectivity index (χ1n) is 7.07. The van der Waals surface area contributed by atoms with Crippen LogP contribution in [-0.2, 0) is 0 Å². The Bertz CT molecular complexity index is 574. The summed E-state index contributed by atoms with van der Waals surface area (Å²) < 4.78 is 0. The summed E-state index contributed by atoms with van der Waals surface area (Å²) in [5, 5.41) is 5.72. The van der Waals surface area contributed by atoms with E-state index in [4.69, 9.17) is 11.6 Å². The average Bonchev–Trinajstić information content (AvgIpc) is 3.18. The van der Waals surface area contributed by atoms with Gasteiger partial charge in [0.05, 0.1) is 6.04 Å². The van der Waals surface area contributed by atoms with Crippen molar-refractivity contribution < 1.29 is 0 Å². The van der Waals surface area contributed by atoms with Gasteiger partial charge in [0.25, 0.3) is 0 Å². The van der Waals surface area contributed by atoms with Crippen molar-refractivity contribution >= 4 is 22.9 Å². The van der Waals surface area contributed by atoms with Crippen molar-refractivity contribution in [1.29, 1.82) is 0 Å². The molecule has 1 aliphatic rings. The van der Waals surface area contributed by atoms with Crippen LogP contribution < -0.4 is 5.32 Å². The zero-order valence-electron chi connectivity index (χ0n) is 11.8. The quantitative estimate of drug-likeness (QED) is 0.849. The van der Waals surface area contributed by atoms with Crippen LogP contribution in [0.5, 0.6) is 0 Å². The van der Waals surface area contributed by atoms with E-state index in [0.717, 1.165) is 10.9 Å². The zero-order chi connectivity index (χ0) is 14.1. The number of aryl methyl sites for hydroxylation is 1. The molecular formula is C16H19ClN2S. The number of rotatable bonds is 5. The monoisotopic (exact) mass is 306 g/mol. The third-order valence-corrected chi connectivity index (χ3v) is 5.11. The number of benzene rings is 1. The number of aromatic nitrogens is 1. The number of hydrogen-bond acceptors (Lipinski definition) is 3. The maximum Gasteiger partial charge on any atom is 0.109 e. The second-order valence-corrected chi connectivity index (χ2v) is 7.27. The molecule has 106 valence electrons. The van der Waals surface area contributed by atoms with Crippen molar-refractivity contribution in [2.75, 3.05) is 0 Å². The fourth-order valence-corrected chi connectivity index (χ4v) is 3.43. The zero-order valence-corrected chi connectivity index (χ0v) is 13.3. The summed E-state index contributed by atoms with van der Waals surface area (Å²) in [4.78, 5) is 5.76. The first-order chi connectivity index (χ1) is 9.63. The van der Waals surface area contributed by atoms with Crippen LogP contribution in [0.1, 0.15) is 47.3 Å². The molecule has 3 rings (SSSR count). The summed E-state index contributed by atoms with van der Waals surface area (Å²) in [5.41, 5.74) is 1.33. The van der Waals surface area contributed by atoms with Gasteiger partial charge in [0.2, 0.25) is 0 Å². The summed E-state index contributed by atoms with van der Waals surface area (Å²) in [6, 6.07) is 8.93. The van der Waals surface area contributed by atoms with Crippen molar-refractivity contribution in [2.24, 2.45) is 5.92 Å². The number of thiazole rings is 1. The first kappa shape index (κ1) is 14.1. The van der Waals surface area contributed by atoms with Gasteiger partial charge in [0, 0.05) is 22.1 Å².